The number of hydrogen-bond donors (Lipinski definition) is 1. The second-order valence-electron chi connectivity index (χ2n) is 3.68. The van der Waals surface area contributed by atoms with Crippen LogP contribution >= 0.6 is 0 Å². The molecule has 1 rings (SSSR count). The van der Waals surface area contributed by atoms with Gasteiger partial charge in [0.15, 0.2) is 6.10 Å². The standard InChI is InChI=1S/C13H17NO4/c1-3-11(13(16)17-4-2)18-12(15)9-5-7-10(14)8-6-9/h5-8,11H,3-4,14H2,1-2H3. The van der Waals surface area contributed by atoms with Gasteiger partial charge in [-0.2, -0.15) is 0 Å². The third kappa shape index (κ3) is 3.76. The van der Waals surface area contributed by atoms with E-state index in [1.807, 2.05) is 0 Å². The molecule has 1 aromatic carbocycles. The lowest BCUT2D eigenvalue weighted by molar-refractivity contribution is -0.153. The summed E-state index contributed by atoms with van der Waals surface area (Å²) in [5.74, 6) is -1.08. The molecule has 0 aromatic heterocycles. The first-order chi connectivity index (χ1) is 8.58. The maximum absolute atomic E-state index is 11.8. The zero-order valence-electron chi connectivity index (χ0n) is 10.5. The monoisotopic (exact) mass is 251 g/mol. The van der Waals surface area contributed by atoms with Gasteiger partial charge in [0.25, 0.3) is 0 Å². The molecule has 0 saturated carbocycles. The van der Waals surface area contributed by atoms with E-state index >= 15 is 0 Å². The molecule has 0 heterocycles. The van der Waals surface area contributed by atoms with Gasteiger partial charge in [-0.05, 0) is 37.6 Å². The average molecular weight is 251 g/mol. The van der Waals surface area contributed by atoms with Crippen molar-refractivity contribution in [2.24, 2.45) is 0 Å². The Morgan fingerprint density at radius 1 is 1.22 bits per heavy atom. The Morgan fingerprint density at radius 3 is 2.33 bits per heavy atom. The van der Waals surface area contributed by atoms with Crippen molar-refractivity contribution >= 4 is 17.6 Å². The maximum atomic E-state index is 11.8. The van der Waals surface area contributed by atoms with Crippen LogP contribution in [0.5, 0.6) is 0 Å². The molecule has 0 aliphatic heterocycles. The van der Waals surface area contributed by atoms with Crippen molar-refractivity contribution in [3.05, 3.63) is 29.8 Å². The Balaban J connectivity index is 2.67. The van der Waals surface area contributed by atoms with Crippen molar-refractivity contribution in [1.29, 1.82) is 0 Å². The van der Waals surface area contributed by atoms with Crippen LogP contribution in [0.15, 0.2) is 24.3 Å². The number of carbonyl (C=O) groups excluding carboxylic acids is 2. The number of hydrogen-bond acceptors (Lipinski definition) is 5. The average Bonchev–Trinajstić information content (AvgIpc) is 2.36. The van der Waals surface area contributed by atoms with Crippen molar-refractivity contribution in [2.45, 2.75) is 26.4 Å². The fourth-order valence-corrected chi connectivity index (χ4v) is 1.35. The van der Waals surface area contributed by atoms with E-state index < -0.39 is 18.0 Å². The molecule has 0 aliphatic carbocycles. The van der Waals surface area contributed by atoms with Crippen molar-refractivity contribution in [3.8, 4) is 0 Å². The molecule has 1 unspecified atom stereocenters. The lowest BCUT2D eigenvalue weighted by atomic mass is 10.2. The largest absolute Gasteiger partial charge is 0.463 e. The summed E-state index contributed by atoms with van der Waals surface area (Å²) in [6.07, 6.45) is -0.491. The van der Waals surface area contributed by atoms with Crippen molar-refractivity contribution in [1.82, 2.24) is 0 Å². The summed E-state index contributed by atoms with van der Waals surface area (Å²) in [4.78, 5) is 23.2. The lowest BCUT2D eigenvalue weighted by Gasteiger charge is -2.14. The summed E-state index contributed by atoms with van der Waals surface area (Å²) in [5, 5.41) is 0. The Hall–Kier alpha value is -2.04. The van der Waals surface area contributed by atoms with Gasteiger partial charge in [0.1, 0.15) is 0 Å². The first-order valence-corrected chi connectivity index (χ1v) is 5.81. The molecule has 2 N–H and O–H groups in total. The van der Waals surface area contributed by atoms with Crippen LogP contribution in [-0.4, -0.2) is 24.6 Å². The smallest absolute Gasteiger partial charge is 0.347 e. The highest BCUT2D eigenvalue weighted by Crippen LogP contribution is 2.10. The van der Waals surface area contributed by atoms with E-state index in [-0.39, 0.29) is 6.61 Å². The quantitative estimate of drug-likeness (QED) is 0.637. The second-order valence-corrected chi connectivity index (χ2v) is 3.68. The summed E-state index contributed by atoms with van der Waals surface area (Å²) in [6, 6.07) is 6.30. The highest BCUT2D eigenvalue weighted by molar-refractivity contribution is 5.91. The van der Waals surface area contributed by atoms with E-state index in [1.165, 1.54) is 0 Å². The SMILES string of the molecule is CCOC(=O)C(CC)OC(=O)c1ccc(N)cc1. The molecule has 1 aromatic rings. The van der Waals surface area contributed by atoms with Crippen LogP contribution in [0.4, 0.5) is 5.69 Å². The molecule has 5 heteroatoms. The van der Waals surface area contributed by atoms with Gasteiger partial charge < -0.3 is 15.2 Å². The van der Waals surface area contributed by atoms with Gasteiger partial charge in [-0.15, -0.1) is 0 Å². The Bertz CT molecular complexity index is 414. The third-order valence-electron chi connectivity index (χ3n) is 2.32. The number of ether oxygens (including phenoxy) is 2. The Kier molecular flexibility index (Phi) is 5.17. The van der Waals surface area contributed by atoms with Gasteiger partial charge >= 0.3 is 11.9 Å². The molecule has 5 nitrogen and oxygen atoms in total. The van der Waals surface area contributed by atoms with E-state index in [0.29, 0.717) is 17.7 Å². The third-order valence-corrected chi connectivity index (χ3v) is 2.32. The molecule has 0 aliphatic rings. The van der Waals surface area contributed by atoms with Crippen LogP contribution in [-0.2, 0) is 14.3 Å². The van der Waals surface area contributed by atoms with Crippen molar-refractivity contribution < 1.29 is 19.1 Å². The number of nitrogens with two attached hydrogens (primary N) is 1. The minimum absolute atomic E-state index is 0.259. The normalized spacial score (nSPS) is 11.7. The fraction of sp³-hybridized carbons (Fsp3) is 0.385. The molecule has 0 saturated heterocycles. The molecule has 0 amide bonds. The molecule has 0 spiro atoms. The first-order valence-electron chi connectivity index (χ1n) is 5.81. The van der Waals surface area contributed by atoms with Crippen LogP contribution in [0.1, 0.15) is 30.6 Å². The molecule has 0 radical (unpaired) electrons. The number of nitrogen functional groups attached to an aromatic ring is 1. The lowest BCUT2D eigenvalue weighted by Crippen LogP contribution is -2.28. The van der Waals surface area contributed by atoms with Crippen molar-refractivity contribution in [2.75, 3.05) is 12.3 Å². The van der Waals surface area contributed by atoms with E-state index in [2.05, 4.69) is 0 Å². The zero-order valence-corrected chi connectivity index (χ0v) is 10.5. The number of esters is 2. The summed E-state index contributed by atoms with van der Waals surface area (Å²) in [6.45, 7) is 3.71. The number of rotatable bonds is 5. The van der Waals surface area contributed by atoms with Gasteiger partial charge in [0, 0.05) is 5.69 Å². The predicted octanol–water partition coefficient (Wildman–Crippen LogP) is 1.77. The van der Waals surface area contributed by atoms with Gasteiger partial charge in [-0.25, -0.2) is 9.59 Å². The number of benzene rings is 1. The number of anilines is 1. The van der Waals surface area contributed by atoms with Gasteiger partial charge in [0.05, 0.1) is 12.2 Å². The van der Waals surface area contributed by atoms with Gasteiger partial charge in [-0.1, -0.05) is 6.92 Å². The highest BCUT2D eigenvalue weighted by atomic mass is 16.6. The van der Waals surface area contributed by atoms with Crippen molar-refractivity contribution in [3.63, 3.8) is 0 Å². The predicted molar refractivity (Wildman–Crippen MR) is 67.0 cm³/mol. The maximum Gasteiger partial charge on any atom is 0.347 e. The summed E-state index contributed by atoms with van der Waals surface area (Å²) in [7, 11) is 0. The van der Waals surface area contributed by atoms with Gasteiger partial charge in [0.2, 0.25) is 0 Å². The van der Waals surface area contributed by atoms with Gasteiger partial charge in [-0.3, -0.25) is 0 Å². The first kappa shape index (κ1) is 14.0. The molecule has 1 atom stereocenters. The minimum atomic E-state index is -0.866. The van der Waals surface area contributed by atoms with E-state index in [4.69, 9.17) is 15.2 Å². The molecule has 0 fully saturated rings. The molecule has 98 valence electrons. The van der Waals surface area contributed by atoms with Crippen LogP contribution in [0, 0.1) is 0 Å². The highest BCUT2D eigenvalue weighted by Gasteiger charge is 2.22. The Morgan fingerprint density at radius 2 is 1.83 bits per heavy atom. The molecule has 0 bridgehead atoms. The Labute approximate surface area is 106 Å². The van der Waals surface area contributed by atoms with Crippen LogP contribution in [0.3, 0.4) is 0 Å². The topological polar surface area (TPSA) is 78.6 Å². The number of carbonyl (C=O) groups is 2. The van der Waals surface area contributed by atoms with E-state index in [0.717, 1.165) is 0 Å². The van der Waals surface area contributed by atoms with E-state index in [9.17, 15) is 9.59 Å². The van der Waals surface area contributed by atoms with Crippen LogP contribution in [0.2, 0.25) is 0 Å². The molecular weight excluding hydrogens is 234 g/mol. The fourth-order valence-electron chi connectivity index (χ4n) is 1.35. The summed E-state index contributed by atoms with van der Waals surface area (Å²) < 4.78 is 9.90. The molecule has 18 heavy (non-hydrogen) atoms. The van der Waals surface area contributed by atoms with Crippen LogP contribution < -0.4 is 5.73 Å². The van der Waals surface area contributed by atoms with Crippen LogP contribution in [0.25, 0.3) is 0 Å². The zero-order chi connectivity index (χ0) is 13.5. The second kappa shape index (κ2) is 6.64. The molecular formula is C13H17NO4. The van der Waals surface area contributed by atoms with E-state index in [1.54, 1.807) is 38.1 Å². The summed E-state index contributed by atoms with van der Waals surface area (Å²) >= 11 is 0. The minimum Gasteiger partial charge on any atom is -0.463 e. The summed E-state index contributed by atoms with van der Waals surface area (Å²) in [5.41, 5.74) is 6.43.